The summed E-state index contributed by atoms with van der Waals surface area (Å²) >= 11 is 0. The van der Waals surface area contributed by atoms with Crippen molar-refractivity contribution in [2.24, 2.45) is 0 Å². The van der Waals surface area contributed by atoms with Crippen LogP contribution in [0.15, 0.2) is 60.7 Å². The molecule has 0 aliphatic rings. The Labute approximate surface area is 165 Å². The van der Waals surface area contributed by atoms with Crippen LogP contribution in [-0.2, 0) is 6.42 Å². The van der Waals surface area contributed by atoms with E-state index in [1.54, 1.807) is 6.07 Å². The SMILES string of the molecule is CCOc1ccccc1Nc1nc(C)cc(C(=O)NCCc2ccccc2)n1. The van der Waals surface area contributed by atoms with Gasteiger partial charge < -0.3 is 15.4 Å². The summed E-state index contributed by atoms with van der Waals surface area (Å²) in [6.45, 7) is 4.87. The van der Waals surface area contributed by atoms with Crippen molar-refractivity contribution in [3.8, 4) is 5.75 Å². The Morgan fingerprint density at radius 2 is 1.79 bits per heavy atom. The second-order valence-electron chi connectivity index (χ2n) is 6.26. The third-order valence-corrected chi connectivity index (χ3v) is 4.06. The van der Waals surface area contributed by atoms with Crippen molar-refractivity contribution in [1.29, 1.82) is 0 Å². The molecular formula is C22H24N4O2. The monoisotopic (exact) mass is 376 g/mol. The van der Waals surface area contributed by atoms with Crippen molar-refractivity contribution < 1.29 is 9.53 Å². The van der Waals surface area contributed by atoms with Crippen molar-refractivity contribution in [2.45, 2.75) is 20.3 Å². The number of para-hydroxylation sites is 2. The lowest BCUT2D eigenvalue weighted by Gasteiger charge is -2.12. The fourth-order valence-corrected chi connectivity index (χ4v) is 2.77. The Kier molecular flexibility index (Phi) is 6.57. The predicted molar refractivity (Wildman–Crippen MR) is 110 cm³/mol. The molecule has 144 valence electrons. The molecule has 0 unspecified atom stereocenters. The maximum atomic E-state index is 12.5. The highest BCUT2D eigenvalue weighted by molar-refractivity contribution is 5.92. The van der Waals surface area contributed by atoms with Crippen LogP contribution in [0.5, 0.6) is 5.75 Å². The van der Waals surface area contributed by atoms with Gasteiger partial charge >= 0.3 is 0 Å². The first-order valence-electron chi connectivity index (χ1n) is 9.32. The number of carbonyl (C=O) groups is 1. The minimum Gasteiger partial charge on any atom is -0.492 e. The number of amides is 1. The number of ether oxygens (including phenoxy) is 1. The molecule has 0 saturated carbocycles. The highest BCUT2D eigenvalue weighted by Gasteiger charge is 2.12. The molecule has 3 rings (SSSR count). The zero-order valence-electron chi connectivity index (χ0n) is 16.1. The van der Waals surface area contributed by atoms with E-state index in [4.69, 9.17) is 4.74 Å². The van der Waals surface area contributed by atoms with Crippen LogP contribution in [-0.4, -0.2) is 29.0 Å². The van der Waals surface area contributed by atoms with E-state index in [1.807, 2.05) is 68.4 Å². The molecule has 1 aromatic heterocycles. The van der Waals surface area contributed by atoms with E-state index in [9.17, 15) is 4.79 Å². The maximum Gasteiger partial charge on any atom is 0.270 e. The number of carbonyl (C=O) groups excluding carboxylic acids is 1. The van der Waals surface area contributed by atoms with Gasteiger partial charge in [0.1, 0.15) is 11.4 Å². The summed E-state index contributed by atoms with van der Waals surface area (Å²) in [4.78, 5) is 21.3. The third kappa shape index (κ3) is 5.30. The van der Waals surface area contributed by atoms with Crippen LogP contribution >= 0.6 is 0 Å². The van der Waals surface area contributed by atoms with Crippen LogP contribution in [0.2, 0.25) is 0 Å². The molecule has 1 heterocycles. The predicted octanol–water partition coefficient (Wildman–Crippen LogP) is 3.90. The summed E-state index contributed by atoms with van der Waals surface area (Å²) in [5.74, 6) is 0.854. The molecule has 0 bridgehead atoms. The molecule has 6 heteroatoms. The Morgan fingerprint density at radius 1 is 1.04 bits per heavy atom. The zero-order chi connectivity index (χ0) is 19.8. The van der Waals surface area contributed by atoms with Crippen molar-refractivity contribution in [3.63, 3.8) is 0 Å². The molecule has 0 fully saturated rings. The van der Waals surface area contributed by atoms with E-state index in [0.717, 1.165) is 12.1 Å². The van der Waals surface area contributed by atoms with Gasteiger partial charge in [0.05, 0.1) is 12.3 Å². The number of benzene rings is 2. The summed E-state index contributed by atoms with van der Waals surface area (Å²) in [6, 6.07) is 19.3. The van der Waals surface area contributed by atoms with Crippen LogP contribution in [0.3, 0.4) is 0 Å². The number of nitrogens with one attached hydrogen (secondary N) is 2. The van der Waals surface area contributed by atoms with Crippen molar-refractivity contribution in [3.05, 3.63) is 77.6 Å². The van der Waals surface area contributed by atoms with E-state index >= 15 is 0 Å². The largest absolute Gasteiger partial charge is 0.492 e. The molecule has 0 radical (unpaired) electrons. The highest BCUT2D eigenvalue weighted by atomic mass is 16.5. The molecule has 6 nitrogen and oxygen atoms in total. The van der Waals surface area contributed by atoms with E-state index in [-0.39, 0.29) is 5.91 Å². The van der Waals surface area contributed by atoms with Gasteiger partial charge in [-0.1, -0.05) is 42.5 Å². The number of aryl methyl sites for hydroxylation is 1. The van der Waals surface area contributed by atoms with Gasteiger partial charge in [0.15, 0.2) is 0 Å². The molecule has 2 N–H and O–H groups in total. The smallest absolute Gasteiger partial charge is 0.270 e. The minimum atomic E-state index is -0.220. The maximum absolute atomic E-state index is 12.5. The molecule has 28 heavy (non-hydrogen) atoms. The van der Waals surface area contributed by atoms with Gasteiger partial charge in [-0.05, 0) is 44.0 Å². The number of anilines is 2. The Hall–Kier alpha value is -3.41. The lowest BCUT2D eigenvalue weighted by Crippen LogP contribution is -2.27. The molecule has 3 aromatic rings. The molecule has 0 atom stereocenters. The van der Waals surface area contributed by atoms with Crippen molar-refractivity contribution >= 4 is 17.5 Å². The lowest BCUT2D eigenvalue weighted by atomic mass is 10.1. The number of rotatable bonds is 8. The van der Waals surface area contributed by atoms with Gasteiger partial charge in [-0.2, -0.15) is 0 Å². The summed E-state index contributed by atoms with van der Waals surface area (Å²) in [6.07, 6.45) is 0.767. The summed E-state index contributed by atoms with van der Waals surface area (Å²) < 4.78 is 5.61. The van der Waals surface area contributed by atoms with Gasteiger partial charge in [-0.25, -0.2) is 9.97 Å². The normalized spacial score (nSPS) is 10.4. The van der Waals surface area contributed by atoms with Crippen LogP contribution in [0.25, 0.3) is 0 Å². The van der Waals surface area contributed by atoms with Crippen LogP contribution in [0.1, 0.15) is 28.7 Å². The zero-order valence-corrected chi connectivity index (χ0v) is 16.1. The van der Waals surface area contributed by atoms with E-state index < -0.39 is 0 Å². The van der Waals surface area contributed by atoms with E-state index in [0.29, 0.717) is 36.2 Å². The number of hydrogen-bond donors (Lipinski definition) is 2. The van der Waals surface area contributed by atoms with Gasteiger partial charge in [0.25, 0.3) is 5.91 Å². The average molecular weight is 376 g/mol. The fraction of sp³-hybridized carbons (Fsp3) is 0.227. The second kappa shape index (κ2) is 9.50. The fourth-order valence-electron chi connectivity index (χ4n) is 2.77. The van der Waals surface area contributed by atoms with Crippen LogP contribution in [0.4, 0.5) is 11.6 Å². The van der Waals surface area contributed by atoms with Gasteiger partial charge in [0.2, 0.25) is 5.95 Å². The standard InChI is InChI=1S/C22H24N4O2/c1-3-28-20-12-8-7-11-18(20)25-22-24-16(2)15-19(26-22)21(27)23-14-13-17-9-5-4-6-10-17/h4-12,15H,3,13-14H2,1-2H3,(H,23,27)(H,24,25,26). The van der Waals surface area contributed by atoms with E-state index in [1.165, 1.54) is 5.56 Å². The molecule has 0 saturated heterocycles. The van der Waals surface area contributed by atoms with Crippen LogP contribution < -0.4 is 15.4 Å². The van der Waals surface area contributed by atoms with Gasteiger partial charge in [-0.15, -0.1) is 0 Å². The van der Waals surface area contributed by atoms with Crippen molar-refractivity contribution in [2.75, 3.05) is 18.5 Å². The second-order valence-corrected chi connectivity index (χ2v) is 6.26. The third-order valence-electron chi connectivity index (χ3n) is 4.06. The van der Waals surface area contributed by atoms with Gasteiger partial charge in [0, 0.05) is 12.2 Å². The molecule has 0 aliphatic heterocycles. The molecular weight excluding hydrogens is 352 g/mol. The first kappa shape index (κ1) is 19.4. The lowest BCUT2D eigenvalue weighted by molar-refractivity contribution is 0.0949. The number of hydrogen-bond acceptors (Lipinski definition) is 5. The first-order valence-corrected chi connectivity index (χ1v) is 9.32. The van der Waals surface area contributed by atoms with Gasteiger partial charge in [-0.3, -0.25) is 4.79 Å². The summed E-state index contributed by atoms with van der Waals surface area (Å²) in [5, 5.41) is 6.06. The first-order chi connectivity index (χ1) is 13.7. The minimum absolute atomic E-state index is 0.220. The Bertz CT molecular complexity index is 929. The molecule has 2 aromatic carbocycles. The topological polar surface area (TPSA) is 76.1 Å². The van der Waals surface area contributed by atoms with Crippen molar-refractivity contribution in [1.82, 2.24) is 15.3 Å². The Morgan fingerprint density at radius 3 is 2.57 bits per heavy atom. The molecule has 0 aliphatic carbocycles. The summed E-state index contributed by atoms with van der Waals surface area (Å²) in [5.41, 5.74) is 2.97. The Balaban J connectivity index is 1.68. The average Bonchev–Trinajstić information content (AvgIpc) is 2.70. The van der Waals surface area contributed by atoms with Crippen LogP contribution in [0, 0.1) is 6.92 Å². The van der Waals surface area contributed by atoms with E-state index in [2.05, 4.69) is 20.6 Å². The summed E-state index contributed by atoms with van der Waals surface area (Å²) in [7, 11) is 0. The molecule has 0 spiro atoms. The number of aromatic nitrogens is 2. The molecule has 1 amide bonds. The highest BCUT2D eigenvalue weighted by Crippen LogP contribution is 2.26. The quantitative estimate of drug-likeness (QED) is 0.624. The number of nitrogens with zero attached hydrogens (tertiary/aromatic N) is 2.